The molecule has 2 aliphatic rings. The van der Waals surface area contributed by atoms with Crippen LogP contribution in [-0.4, -0.2) is 35.7 Å². The lowest BCUT2D eigenvalue weighted by Crippen LogP contribution is -2.56. The first kappa shape index (κ1) is 13.3. The number of hydrogen-bond donors (Lipinski definition) is 2. The summed E-state index contributed by atoms with van der Waals surface area (Å²) in [7, 11) is 0. The number of ether oxygens (including phenoxy) is 1. The van der Waals surface area contributed by atoms with Gasteiger partial charge in [0, 0.05) is 18.9 Å². The summed E-state index contributed by atoms with van der Waals surface area (Å²) in [5.41, 5.74) is -1.19. The molecule has 1 saturated carbocycles. The van der Waals surface area contributed by atoms with Gasteiger partial charge in [0.25, 0.3) is 0 Å². The Bertz CT molecular complexity index is 328. The first-order valence-electron chi connectivity index (χ1n) is 6.67. The van der Waals surface area contributed by atoms with Crippen molar-refractivity contribution in [3.8, 4) is 0 Å². The molecule has 1 saturated heterocycles. The Hall–Kier alpha value is -1.10. The zero-order chi connectivity index (χ0) is 13.2. The third-order valence-corrected chi connectivity index (χ3v) is 4.18. The molecule has 0 spiro atoms. The molecule has 1 aliphatic carbocycles. The van der Waals surface area contributed by atoms with E-state index in [1.807, 2.05) is 0 Å². The lowest BCUT2D eigenvalue weighted by molar-refractivity contribution is -0.148. The number of amides is 1. The van der Waals surface area contributed by atoms with Crippen LogP contribution in [0.1, 0.15) is 39.0 Å². The van der Waals surface area contributed by atoms with Crippen LogP contribution in [0.25, 0.3) is 0 Å². The van der Waals surface area contributed by atoms with Crippen LogP contribution in [0.2, 0.25) is 0 Å². The van der Waals surface area contributed by atoms with Crippen LogP contribution >= 0.6 is 0 Å². The van der Waals surface area contributed by atoms with E-state index in [0.29, 0.717) is 18.9 Å². The van der Waals surface area contributed by atoms with E-state index in [9.17, 15) is 14.7 Å². The van der Waals surface area contributed by atoms with Gasteiger partial charge in [-0.15, -0.1) is 0 Å². The summed E-state index contributed by atoms with van der Waals surface area (Å²) < 4.78 is 5.13. The molecule has 0 aromatic heterocycles. The Balaban J connectivity index is 1.95. The SMILES string of the molecule is CC1CCC(C(=O)NC2(C(=O)O)CCOC2)CC1. The summed E-state index contributed by atoms with van der Waals surface area (Å²) in [6, 6.07) is 0. The van der Waals surface area contributed by atoms with Gasteiger partial charge in [0.05, 0.1) is 6.61 Å². The molecule has 5 heteroatoms. The summed E-state index contributed by atoms with van der Waals surface area (Å²) in [4.78, 5) is 23.4. The average molecular weight is 255 g/mol. The van der Waals surface area contributed by atoms with E-state index in [4.69, 9.17) is 4.74 Å². The van der Waals surface area contributed by atoms with Crippen molar-refractivity contribution in [2.24, 2.45) is 11.8 Å². The summed E-state index contributed by atoms with van der Waals surface area (Å²) in [6.45, 7) is 2.67. The van der Waals surface area contributed by atoms with E-state index >= 15 is 0 Å². The maximum atomic E-state index is 12.1. The molecule has 2 fully saturated rings. The highest BCUT2D eigenvalue weighted by Crippen LogP contribution is 2.29. The second kappa shape index (κ2) is 5.26. The highest BCUT2D eigenvalue weighted by atomic mass is 16.5. The average Bonchev–Trinajstić information content (AvgIpc) is 2.79. The van der Waals surface area contributed by atoms with Crippen molar-refractivity contribution in [3.63, 3.8) is 0 Å². The Morgan fingerprint density at radius 3 is 2.44 bits per heavy atom. The van der Waals surface area contributed by atoms with Crippen LogP contribution in [0.3, 0.4) is 0 Å². The molecule has 1 unspecified atom stereocenters. The fraction of sp³-hybridized carbons (Fsp3) is 0.846. The molecule has 18 heavy (non-hydrogen) atoms. The van der Waals surface area contributed by atoms with Gasteiger partial charge < -0.3 is 15.2 Å². The highest BCUT2D eigenvalue weighted by molar-refractivity contribution is 5.88. The zero-order valence-electron chi connectivity index (χ0n) is 10.8. The van der Waals surface area contributed by atoms with E-state index in [2.05, 4.69) is 12.2 Å². The molecule has 1 heterocycles. The van der Waals surface area contributed by atoms with Crippen molar-refractivity contribution >= 4 is 11.9 Å². The van der Waals surface area contributed by atoms with Crippen LogP contribution in [0, 0.1) is 11.8 Å². The predicted molar refractivity (Wildman–Crippen MR) is 65.1 cm³/mol. The van der Waals surface area contributed by atoms with Crippen molar-refractivity contribution in [1.82, 2.24) is 5.32 Å². The van der Waals surface area contributed by atoms with Gasteiger partial charge in [0.1, 0.15) is 0 Å². The maximum Gasteiger partial charge on any atom is 0.331 e. The summed E-state index contributed by atoms with van der Waals surface area (Å²) >= 11 is 0. The molecule has 102 valence electrons. The quantitative estimate of drug-likeness (QED) is 0.794. The minimum Gasteiger partial charge on any atom is -0.479 e. The third-order valence-electron chi connectivity index (χ3n) is 4.18. The van der Waals surface area contributed by atoms with Gasteiger partial charge in [0.15, 0.2) is 5.54 Å². The van der Waals surface area contributed by atoms with Gasteiger partial charge >= 0.3 is 5.97 Å². The van der Waals surface area contributed by atoms with Crippen molar-refractivity contribution < 1.29 is 19.4 Å². The van der Waals surface area contributed by atoms with Crippen molar-refractivity contribution in [2.75, 3.05) is 13.2 Å². The molecule has 0 radical (unpaired) electrons. The number of hydrogen-bond acceptors (Lipinski definition) is 3. The van der Waals surface area contributed by atoms with Gasteiger partial charge in [0.2, 0.25) is 5.91 Å². The third kappa shape index (κ3) is 2.66. The number of rotatable bonds is 3. The van der Waals surface area contributed by atoms with Crippen molar-refractivity contribution in [2.45, 2.75) is 44.6 Å². The molecule has 2 N–H and O–H groups in total. The molecule has 1 atom stereocenters. The fourth-order valence-corrected chi connectivity index (χ4v) is 2.75. The lowest BCUT2D eigenvalue weighted by Gasteiger charge is -2.30. The summed E-state index contributed by atoms with van der Waals surface area (Å²) in [6.07, 6.45) is 4.19. The number of carbonyl (C=O) groups excluding carboxylic acids is 1. The van der Waals surface area contributed by atoms with Crippen molar-refractivity contribution in [1.29, 1.82) is 0 Å². The van der Waals surface area contributed by atoms with E-state index < -0.39 is 11.5 Å². The molecule has 5 nitrogen and oxygen atoms in total. The van der Waals surface area contributed by atoms with Crippen LogP contribution < -0.4 is 5.32 Å². The molecule has 2 rings (SSSR count). The van der Waals surface area contributed by atoms with Crippen LogP contribution in [0.5, 0.6) is 0 Å². The first-order valence-corrected chi connectivity index (χ1v) is 6.67. The normalized spacial score (nSPS) is 36.3. The second-order valence-electron chi connectivity index (χ2n) is 5.64. The van der Waals surface area contributed by atoms with Crippen LogP contribution in [0.15, 0.2) is 0 Å². The van der Waals surface area contributed by atoms with Crippen LogP contribution in [0.4, 0.5) is 0 Å². The minimum absolute atomic E-state index is 0.0296. The topological polar surface area (TPSA) is 75.6 Å². The number of nitrogens with one attached hydrogen (secondary N) is 1. The monoisotopic (exact) mass is 255 g/mol. The van der Waals surface area contributed by atoms with E-state index in [1.165, 1.54) is 0 Å². The molecule has 0 bridgehead atoms. The Labute approximate surface area is 107 Å². The largest absolute Gasteiger partial charge is 0.479 e. The standard InChI is InChI=1S/C13H21NO4/c1-9-2-4-10(5-3-9)11(15)14-13(12(16)17)6-7-18-8-13/h9-10H,2-8H2,1H3,(H,14,15)(H,16,17). The Kier molecular flexibility index (Phi) is 3.90. The zero-order valence-corrected chi connectivity index (χ0v) is 10.8. The van der Waals surface area contributed by atoms with E-state index in [0.717, 1.165) is 25.7 Å². The van der Waals surface area contributed by atoms with E-state index in [-0.39, 0.29) is 18.4 Å². The summed E-state index contributed by atoms with van der Waals surface area (Å²) in [5, 5.41) is 12.0. The highest BCUT2D eigenvalue weighted by Gasteiger charge is 2.45. The molecule has 1 aliphatic heterocycles. The van der Waals surface area contributed by atoms with Crippen molar-refractivity contribution in [3.05, 3.63) is 0 Å². The molecule has 0 aromatic carbocycles. The maximum absolute atomic E-state index is 12.1. The summed E-state index contributed by atoms with van der Waals surface area (Å²) in [5.74, 6) is -0.456. The van der Waals surface area contributed by atoms with Gasteiger partial charge in [-0.3, -0.25) is 4.79 Å². The van der Waals surface area contributed by atoms with Gasteiger partial charge in [-0.25, -0.2) is 4.79 Å². The number of carbonyl (C=O) groups is 2. The number of aliphatic carboxylic acids is 1. The Morgan fingerprint density at radius 1 is 1.28 bits per heavy atom. The predicted octanol–water partition coefficient (Wildman–Crippen LogP) is 1.17. The lowest BCUT2D eigenvalue weighted by atomic mass is 9.82. The Morgan fingerprint density at radius 2 is 1.94 bits per heavy atom. The molecular weight excluding hydrogens is 234 g/mol. The minimum atomic E-state index is -1.19. The molecular formula is C13H21NO4. The molecule has 0 aromatic rings. The fourth-order valence-electron chi connectivity index (χ4n) is 2.75. The van der Waals surface area contributed by atoms with Gasteiger partial charge in [-0.1, -0.05) is 6.92 Å². The number of carboxylic acid groups (broad SMARTS) is 1. The van der Waals surface area contributed by atoms with Crippen LogP contribution in [-0.2, 0) is 14.3 Å². The first-order chi connectivity index (χ1) is 8.53. The van der Waals surface area contributed by atoms with E-state index in [1.54, 1.807) is 0 Å². The smallest absolute Gasteiger partial charge is 0.331 e. The van der Waals surface area contributed by atoms with Gasteiger partial charge in [-0.05, 0) is 31.6 Å². The molecule has 1 amide bonds. The van der Waals surface area contributed by atoms with Gasteiger partial charge in [-0.2, -0.15) is 0 Å². The second-order valence-corrected chi connectivity index (χ2v) is 5.64. The number of carboxylic acids is 1.